The van der Waals surface area contributed by atoms with E-state index in [2.05, 4.69) is 0 Å². The summed E-state index contributed by atoms with van der Waals surface area (Å²) in [6.45, 7) is 2.42. The number of hydrogen-bond donors (Lipinski definition) is 0. The van der Waals surface area contributed by atoms with Crippen LogP contribution in [0.2, 0.25) is 5.02 Å². The van der Waals surface area contributed by atoms with Crippen LogP contribution in [0.1, 0.15) is 30.4 Å². The SMILES string of the molecule is CCC(COc1c(Cl)ccc2c(OCC=C(Cl)Cl)cccc12)c1ccc(C(F)(F)F)cc1. The Morgan fingerprint density at radius 1 is 0.969 bits per heavy atom. The summed E-state index contributed by atoms with van der Waals surface area (Å²) >= 11 is 17.7. The third-order valence-corrected chi connectivity index (χ3v) is 5.64. The first-order valence-corrected chi connectivity index (χ1v) is 11.0. The molecule has 0 aliphatic heterocycles. The van der Waals surface area contributed by atoms with Crippen LogP contribution in [0.15, 0.2) is 65.2 Å². The van der Waals surface area contributed by atoms with Crippen LogP contribution < -0.4 is 9.47 Å². The third kappa shape index (κ3) is 6.03. The minimum atomic E-state index is -4.36. The number of rotatable bonds is 8. The molecular weight excluding hydrogens is 484 g/mol. The Labute approximate surface area is 199 Å². The van der Waals surface area contributed by atoms with Gasteiger partial charge in [0.05, 0.1) is 17.2 Å². The molecule has 0 aliphatic rings. The second-order valence-corrected chi connectivity index (χ2v) is 8.48. The van der Waals surface area contributed by atoms with Crippen molar-refractivity contribution >= 4 is 45.6 Å². The summed E-state index contributed by atoms with van der Waals surface area (Å²) in [5.74, 6) is 1.01. The zero-order chi connectivity index (χ0) is 23.3. The number of alkyl halides is 3. The van der Waals surface area contributed by atoms with E-state index in [-0.39, 0.29) is 23.6 Å². The van der Waals surface area contributed by atoms with Crippen LogP contribution >= 0.6 is 34.8 Å². The molecule has 32 heavy (non-hydrogen) atoms. The van der Waals surface area contributed by atoms with Gasteiger partial charge in [0.15, 0.2) is 0 Å². The average Bonchev–Trinajstić information content (AvgIpc) is 2.75. The minimum Gasteiger partial charge on any atom is -0.491 e. The minimum absolute atomic E-state index is 0.0981. The predicted molar refractivity (Wildman–Crippen MR) is 124 cm³/mol. The summed E-state index contributed by atoms with van der Waals surface area (Å²) in [5, 5.41) is 1.99. The maximum Gasteiger partial charge on any atom is 0.416 e. The van der Waals surface area contributed by atoms with Crippen LogP contribution in [0.5, 0.6) is 11.5 Å². The summed E-state index contributed by atoms with van der Waals surface area (Å²) in [6, 6.07) is 14.2. The maximum atomic E-state index is 12.8. The molecule has 170 valence electrons. The lowest BCUT2D eigenvalue weighted by atomic mass is 9.96. The van der Waals surface area contributed by atoms with E-state index in [0.29, 0.717) is 22.9 Å². The second kappa shape index (κ2) is 10.7. The van der Waals surface area contributed by atoms with E-state index in [0.717, 1.165) is 28.5 Å². The van der Waals surface area contributed by atoms with E-state index in [4.69, 9.17) is 44.3 Å². The summed E-state index contributed by atoms with van der Waals surface area (Å²) in [6.07, 6.45) is -2.14. The van der Waals surface area contributed by atoms with Gasteiger partial charge in [-0.3, -0.25) is 0 Å². The molecule has 1 unspecified atom stereocenters. The van der Waals surface area contributed by atoms with Crippen LogP contribution in [0.25, 0.3) is 10.8 Å². The molecule has 1 atom stereocenters. The second-order valence-electron chi connectivity index (χ2n) is 7.07. The van der Waals surface area contributed by atoms with Gasteiger partial charge in [0.1, 0.15) is 22.6 Å². The fourth-order valence-corrected chi connectivity index (χ4v) is 3.67. The van der Waals surface area contributed by atoms with E-state index in [1.54, 1.807) is 6.07 Å². The number of hydrogen-bond acceptors (Lipinski definition) is 2. The molecule has 0 fully saturated rings. The van der Waals surface area contributed by atoms with Crippen molar-refractivity contribution in [3.8, 4) is 11.5 Å². The Hall–Kier alpha value is -2.08. The summed E-state index contributed by atoms with van der Waals surface area (Å²) in [5.41, 5.74) is 0.0950. The van der Waals surface area contributed by atoms with Crippen LogP contribution in [-0.4, -0.2) is 13.2 Å². The van der Waals surface area contributed by atoms with Crippen LogP contribution in [0.3, 0.4) is 0 Å². The van der Waals surface area contributed by atoms with Crippen molar-refractivity contribution in [2.75, 3.05) is 13.2 Å². The Balaban J connectivity index is 1.83. The van der Waals surface area contributed by atoms with Crippen molar-refractivity contribution in [3.63, 3.8) is 0 Å². The smallest absolute Gasteiger partial charge is 0.416 e. The first-order chi connectivity index (χ1) is 15.2. The largest absolute Gasteiger partial charge is 0.491 e. The summed E-state index contributed by atoms with van der Waals surface area (Å²) in [4.78, 5) is 0. The lowest BCUT2D eigenvalue weighted by molar-refractivity contribution is -0.137. The number of benzene rings is 3. The van der Waals surface area contributed by atoms with Crippen molar-refractivity contribution in [1.82, 2.24) is 0 Å². The maximum absolute atomic E-state index is 12.8. The van der Waals surface area contributed by atoms with Gasteiger partial charge in [0.2, 0.25) is 0 Å². The first-order valence-electron chi connectivity index (χ1n) is 9.85. The molecule has 0 bridgehead atoms. The molecule has 0 saturated heterocycles. The van der Waals surface area contributed by atoms with E-state index in [1.807, 2.05) is 31.2 Å². The normalized spacial score (nSPS) is 12.5. The van der Waals surface area contributed by atoms with Crippen LogP contribution in [0, 0.1) is 0 Å². The molecule has 3 aromatic rings. The molecule has 0 amide bonds. The standard InChI is InChI=1S/C24H20Cl3F3O2/c1-2-15(16-6-8-17(9-7-16)24(28,29)30)14-32-23-19-4-3-5-21(31-13-12-22(26)27)18(19)10-11-20(23)25/h3-12,15H,2,13-14H2,1H3. The highest BCUT2D eigenvalue weighted by Gasteiger charge is 2.30. The fourth-order valence-electron chi connectivity index (χ4n) is 3.32. The zero-order valence-corrected chi connectivity index (χ0v) is 19.3. The molecule has 0 saturated carbocycles. The van der Waals surface area contributed by atoms with E-state index in [9.17, 15) is 13.2 Å². The van der Waals surface area contributed by atoms with Gasteiger partial charge in [0.25, 0.3) is 0 Å². The Kier molecular flexibility index (Phi) is 8.21. The van der Waals surface area contributed by atoms with Crippen molar-refractivity contribution < 1.29 is 22.6 Å². The van der Waals surface area contributed by atoms with Gasteiger partial charge in [-0.15, -0.1) is 0 Å². The highest BCUT2D eigenvalue weighted by atomic mass is 35.5. The topological polar surface area (TPSA) is 18.5 Å². The van der Waals surface area contributed by atoms with Crippen molar-refractivity contribution in [2.45, 2.75) is 25.4 Å². The molecule has 0 heterocycles. The van der Waals surface area contributed by atoms with Crippen molar-refractivity contribution in [3.05, 3.63) is 81.3 Å². The molecule has 0 radical (unpaired) electrons. The van der Waals surface area contributed by atoms with Gasteiger partial charge >= 0.3 is 6.18 Å². The predicted octanol–water partition coefficient (Wildman–Crippen LogP) is 8.78. The monoisotopic (exact) mass is 502 g/mol. The highest BCUT2D eigenvalue weighted by molar-refractivity contribution is 6.55. The fraction of sp³-hybridized carbons (Fsp3) is 0.250. The van der Waals surface area contributed by atoms with E-state index < -0.39 is 11.7 Å². The molecule has 3 rings (SSSR count). The lowest BCUT2D eigenvalue weighted by Gasteiger charge is -2.19. The Morgan fingerprint density at radius 2 is 1.69 bits per heavy atom. The van der Waals surface area contributed by atoms with Crippen LogP contribution in [-0.2, 0) is 6.18 Å². The number of halogens is 6. The van der Waals surface area contributed by atoms with Gasteiger partial charge in [0, 0.05) is 16.7 Å². The first kappa shape index (κ1) is 24.6. The molecule has 0 aliphatic carbocycles. The van der Waals surface area contributed by atoms with Gasteiger partial charge in [-0.1, -0.05) is 66.0 Å². The molecule has 3 aromatic carbocycles. The molecular formula is C24H20Cl3F3O2. The third-order valence-electron chi connectivity index (χ3n) is 5.03. The zero-order valence-electron chi connectivity index (χ0n) is 17.1. The van der Waals surface area contributed by atoms with Crippen molar-refractivity contribution in [1.29, 1.82) is 0 Å². The summed E-state index contributed by atoms with van der Waals surface area (Å²) in [7, 11) is 0. The van der Waals surface area contributed by atoms with Gasteiger partial charge in [-0.05, 0) is 48.4 Å². The molecule has 0 N–H and O–H groups in total. The van der Waals surface area contributed by atoms with Gasteiger partial charge < -0.3 is 9.47 Å². The van der Waals surface area contributed by atoms with Crippen molar-refractivity contribution in [2.24, 2.45) is 0 Å². The Morgan fingerprint density at radius 3 is 2.31 bits per heavy atom. The average molecular weight is 504 g/mol. The van der Waals surface area contributed by atoms with Gasteiger partial charge in [-0.25, -0.2) is 0 Å². The number of ether oxygens (including phenoxy) is 2. The van der Waals surface area contributed by atoms with E-state index in [1.165, 1.54) is 18.2 Å². The van der Waals surface area contributed by atoms with Crippen LogP contribution in [0.4, 0.5) is 13.2 Å². The highest BCUT2D eigenvalue weighted by Crippen LogP contribution is 2.38. The molecule has 0 spiro atoms. The Bertz CT molecular complexity index is 1090. The molecule has 8 heteroatoms. The molecule has 0 aromatic heterocycles. The summed E-state index contributed by atoms with van der Waals surface area (Å²) < 4.78 is 50.5. The van der Waals surface area contributed by atoms with Gasteiger partial charge in [-0.2, -0.15) is 13.2 Å². The van der Waals surface area contributed by atoms with E-state index >= 15 is 0 Å². The quantitative estimate of drug-likeness (QED) is 0.306. The lowest BCUT2D eigenvalue weighted by Crippen LogP contribution is -2.11. The molecule has 2 nitrogen and oxygen atoms in total. The number of fused-ring (bicyclic) bond motifs is 1.